The smallest absolute Gasteiger partial charge is 0.255 e. The van der Waals surface area contributed by atoms with E-state index in [0.29, 0.717) is 38.0 Å². The standard InChI is InChI=1S/C20H26N4O4/c21-11-20(28)7-2-8-23(12-20)9-13-3-1-4-14-10-24(19(27)17(13)14)15-5-6-16(25)22-18(15)26/h1,3-4,15,28H,2,5-12,21H2,(H,22,25,26). The van der Waals surface area contributed by atoms with Gasteiger partial charge in [-0.2, -0.15) is 0 Å². The van der Waals surface area contributed by atoms with Crippen molar-refractivity contribution in [3.05, 3.63) is 34.9 Å². The maximum atomic E-state index is 13.1. The van der Waals surface area contributed by atoms with E-state index in [2.05, 4.69) is 10.2 Å². The van der Waals surface area contributed by atoms with Crippen molar-refractivity contribution in [2.45, 2.75) is 50.4 Å². The number of imide groups is 1. The molecule has 150 valence electrons. The zero-order valence-corrected chi connectivity index (χ0v) is 15.8. The Bertz CT molecular complexity index is 826. The molecule has 0 spiro atoms. The molecule has 2 atom stereocenters. The molecular formula is C20H26N4O4. The fourth-order valence-electron chi connectivity index (χ4n) is 4.57. The monoisotopic (exact) mass is 386 g/mol. The Labute approximate surface area is 163 Å². The SMILES string of the molecule is NCC1(O)CCCN(Cc2cccc3c2C(=O)N(C2CCC(=O)NC2=O)C3)C1. The fourth-order valence-corrected chi connectivity index (χ4v) is 4.57. The minimum Gasteiger partial charge on any atom is -0.387 e. The molecule has 0 bridgehead atoms. The number of carbonyl (C=O) groups excluding carboxylic acids is 3. The van der Waals surface area contributed by atoms with E-state index >= 15 is 0 Å². The van der Waals surface area contributed by atoms with E-state index in [1.807, 2.05) is 18.2 Å². The van der Waals surface area contributed by atoms with Crippen LogP contribution in [0.5, 0.6) is 0 Å². The largest absolute Gasteiger partial charge is 0.387 e. The highest BCUT2D eigenvalue weighted by Crippen LogP contribution is 2.31. The normalized spacial score (nSPS) is 28.4. The lowest BCUT2D eigenvalue weighted by atomic mass is 9.92. The number of nitrogens with one attached hydrogen (secondary N) is 1. The summed E-state index contributed by atoms with van der Waals surface area (Å²) in [5.41, 5.74) is 7.30. The van der Waals surface area contributed by atoms with Gasteiger partial charge in [-0.1, -0.05) is 18.2 Å². The number of fused-ring (bicyclic) bond motifs is 1. The van der Waals surface area contributed by atoms with Gasteiger partial charge in [0.05, 0.1) is 5.60 Å². The molecule has 1 aromatic carbocycles. The van der Waals surface area contributed by atoms with Crippen LogP contribution in [-0.4, -0.2) is 63.9 Å². The third-order valence-electron chi connectivity index (χ3n) is 6.05. The number of piperidine rings is 2. The fraction of sp³-hybridized carbons (Fsp3) is 0.550. The van der Waals surface area contributed by atoms with Crippen LogP contribution in [0, 0.1) is 0 Å². The van der Waals surface area contributed by atoms with E-state index in [0.717, 1.165) is 24.1 Å². The first-order chi connectivity index (χ1) is 13.4. The van der Waals surface area contributed by atoms with Crippen LogP contribution in [0.1, 0.15) is 47.2 Å². The summed E-state index contributed by atoms with van der Waals surface area (Å²) >= 11 is 0. The second-order valence-electron chi connectivity index (χ2n) is 8.09. The Kier molecular flexibility index (Phi) is 4.95. The molecule has 3 aliphatic heterocycles. The van der Waals surface area contributed by atoms with Crippen molar-refractivity contribution < 1.29 is 19.5 Å². The van der Waals surface area contributed by atoms with E-state index in [4.69, 9.17) is 5.73 Å². The number of hydrogen-bond acceptors (Lipinski definition) is 6. The molecule has 2 saturated heterocycles. The minimum atomic E-state index is -0.876. The van der Waals surface area contributed by atoms with Crippen molar-refractivity contribution in [1.29, 1.82) is 0 Å². The van der Waals surface area contributed by atoms with Gasteiger partial charge >= 0.3 is 0 Å². The molecule has 1 aromatic rings. The molecule has 2 unspecified atom stereocenters. The zero-order chi connectivity index (χ0) is 19.9. The van der Waals surface area contributed by atoms with Gasteiger partial charge in [0.2, 0.25) is 11.8 Å². The summed E-state index contributed by atoms with van der Waals surface area (Å²) in [5.74, 6) is -0.849. The van der Waals surface area contributed by atoms with Crippen LogP contribution in [0.2, 0.25) is 0 Å². The number of amides is 3. The Morgan fingerprint density at radius 2 is 2.11 bits per heavy atom. The molecule has 0 aliphatic carbocycles. The first kappa shape index (κ1) is 19.0. The molecule has 4 rings (SSSR count). The van der Waals surface area contributed by atoms with Crippen molar-refractivity contribution in [2.75, 3.05) is 19.6 Å². The summed E-state index contributed by atoms with van der Waals surface area (Å²) in [6.07, 6.45) is 2.15. The van der Waals surface area contributed by atoms with Gasteiger partial charge in [0.1, 0.15) is 6.04 Å². The third kappa shape index (κ3) is 3.43. The van der Waals surface area contributed by atoms with Crippen LogP contribution in [0.4, 0.5) is 0 Å². The summed E-state index contributed by atoms with van der Waals surface area (Å²) in [6, 6.07) is 5.16. The first-order valence-corrected chi connectivity index (χ1v) is 9.80. The van der Waals surface area contributed by atoms with Gasteiger partial charge in [-0.05, 0) is 36.9 Å². The van der Waals surface area contributed by atoms with Gasteiger partial charge in [-0.15, -0.1) is 0 Å². The van der Waals surface area contributed by atoms with E-state index in [9.17, 15) is 19.5 Å². The van der Waals surface area contributed by atoms with Gasteiger partial charge in [0.15, 0.2) is 0 Å². The molecule has 0 aromatic heterocycles. The Balaban J connectivity index is 1.54. The van der Waals surface area contributed by atoms with Crippen molar-refractivity contribution in [3.8, 4) is 0 Å². The van der Waals surface area contributed by atoms with E-state index in [-0.39, 0.29) is 24.8 Å². The minimum absolute atomic E-state index is 0.161. The van der Waals surface area contributed by atoms with Gasteiger partial charge in [-0.25, -0.2) is 0 Å². The molecule has 3 aliphatic rings. The molecule has 2 fully saturated rings. The van der Waals surface area contributed by atoms with Gasteiger partial charge in [0, 0.05) is 38.2 Å². The van der Waals surface area contributed by atoms with Gasteiger partial charge in [0.25, 0.3) is 5.91 Å². The molecule has 4 N–H and O–H groups in total. The third-order valence-corrected chi connectivity index (χ3v) is 6.05. The molecule has 8 nitrogen and oxygen atoms in total. The maximum absolute atomic E-state index is 13.1. The summed E-state index contributed by atoms with van der Waals surface area (Å²) in [4.78, 5) is 40.5. The molecule has 3 heterocycles. The Morgan fingerprint density at radius 1 is 1.29 bits per heavy atom. The predicted octanol–water partition coefficient (Wildman–Crippen LogP) is -0.267. The summed E-state index contributed by atoms with van der Waals surface area (Å²) in [5, 5.41) is 12.9. The Hall–Kier alpha value is -2.29. The van der Waals surface area contributed by atoms with Crippen LogP contribution in [0.3, 0.4) is 0 Å². The number of likely N-dealkylation sites (tertiary alicyclic amines) is 1. The maximum Gasteiger partial charge on any atom is 0.255 e. The van der Waals surface area contributed by atoms with Crippen LogP contribution in [0.25, 0.3) is 0 Å². The second-order valence-corrected chi connectivity index (χ2v) is 8.09. The summed E-state index contributed by atoms with van der Waals surface area (Å²) in [6.45, 7) is 2.48. The molecular weight excluding hydrogens is 360 g/mol. The number of nitrogens with zero attached hydrogens (tertiary/aromatic N) is 2. The van der Waals surface area contributed by atoms with Crippen molar-refractivity contribution in [2.24, 2.45) is 5.73 Å². The molecule has 8 heteroatoms. The number of hydrogen-bond donors (Lipinski definition) is 3. The van der Waals surface area contributed by atoms with Crippen LogP contribution in [0.15, 0.2) is 18.2 Å². The first-order valence-electron chi connectivity index (χ1n) is 9.80. The Morgan fingerprint density at radius 3 is 2.86 bits per heavy atom. The van der Waals surface area contributed by atoms with Crippen molar-refractivity contribution in [3.63, 3.8) is 0 Å². The van der Waals surface area contributed by atoms with Gasteiger partial charge < -0.3 is 15.7 Å². The summed E-state index contributed by atoms with van der Waals surface area (Å²) < 4.78 is 0. The van der Waals surface area contributed by atoms with Gasteiger partial charge in [-0.3, -0.25) is 24.6 Å². The van der Waals surface area contributed by atoms with E-state index < -0.39 is 17.6 Å². The topological polar surface area (TPSA) is 116 Å². The number of nitrogens with two attached hydrogens (primary N) is 1. The number of benzene rings is 1. The lowest BCUT2D eigenvalue weighted by Gasteiger charge is -2.38. The quantitative estimate of drug-likeness (QED) is 0.614. The number of carbonyl (C=O) groups is 3. The molecule has 0 saturated carbocycles. The van der Waals surface area contributed by atoms with Crippen molar-refractivity contribution in [1.82, 2.24) is 15.1 Å². The summed E-state index contributed by atoms with van der Waals surface area (Å²) in [7, 11) is 0. The zero-order valence-electron chi connectivity index (χ0n) is 15.8. The van der Waals surface area contributed by atoms with Crippen LogP contribution < -0.4 is 11.1 Å². The van der Waals surface area contributed by atoms with E-state index in [1.165, 1.54) is 0 Å². The molecule has 0 radical (unpaired) electrons. The van der Waals surface area contributed by atoms with Crippen LogP contribution in [-0.2, 0) is 22.7 Å². The number of rotatable bonds is 4. The lowest BCUT2D eigenvalue weighted by Crippen LogP contribution is -2.52. The number of β-amino-alcohol motifs (C(OH)–C–C–N with tert-alkyl or cyclic N) is 1. The highest BCUT2D eigenvalue weighted by molar-refractivity contribution is 6.05. The lowest BCUT2D eigenvalue weighted by molar-refractivity contribution is -0.136. The highest BCUT2D eigenvalue weighted by Gasteiger charge is 2.40. The second kappa shape index (κ2) is 7.27. The highest BCUT2D eigenvalue weighted by atomic mass is 16.3. The van der Waals surface area contributed by atoms with Crippen molar-refractivity contribution >= 4 is 17.7 Å². The predicted molar refractivity (Wildman–Crippen MR) is 101 cm³/mol. The average molecular weight is 386 g/mol. The number of aliphatic hydroxyl groups is 1. The molecule has 28 heavy (non-hydrogen) atoms. The van der Waals surface area contributed by atoms with E-state index in [1.54, 1.807) is 4.90 Å². The van der Waals surface area contributed by atoms with Crippen LogP contribution >= 0.6 is 0 Å². The molecule has 3 amide bonds. The average Bonchev–Trinajstić information content (AvgIpc) is 2.99.